The number of hydrogen-bond donors (Lipinski definition) is 1. The van der Waals surface area contributed by atoms with Crippen LogP contribution in [0.4, 0.5) is 0 Å². The third-order valence-corrected chi connectivity index (χ3v) is 13.0. The highest BCUT2D eigenvalue weighted by molar-refractivity contribution is 7.79. The highest BCUT2D eigenvalue weighted by atomic mass is 32.1. The maximum absolute atomic E-state index is 8.16. The lowest BCUT2D eigenvalue weighted by atomic mass is 10.2. The lowest BCUT2D eigenvalue weighted by molar-refractivity contribution is 0.125. The normalized spacial score (nSPS) is 12.9. The summed E-state index contributed by atoms with van der Waals surface area (Å²) in [7, 11) is -0.446. The van der Waals surface area contributed by atoms with Crippen LogP contribution in [0.15, 0.2) is 168 Å². The van der Waals surface area contributed by atoms with E-state index in [0.29, 0.717) is 12.6 Å². The third-order valence-electron chi connectivity index (χ3n) is 8.75. The standard InChI is InChI=1S/C18H15P.C12H12N4S.C12H14N2S.C5H10O/c1-4-10-16(11-5-1)19(17-12-6-2-7-13-17)18-14-8-3-9-15-18;13-16-14-8-4-7-12-15-11(9-17-12)10-5-2-1-3-6-10;13-8-4-7-12-14-11(9-15-12)10-5-2-1-3-6-10;1-5-3-2-4-6-5/h1-15H;1-3,5-6,9H,4,7-8H2;1-3,5-6,9H,4,7-8,13H2;5H,2-4H2,1H3. The van der Waals surface area contributed by atoms with E-state index >= 15 is 0 Å². The highest BCUT2D eigenvalue weighted by Crippen LogP contribution is 2.32. The molecule has 292 valence electrons. The first-order valence-electron chi connectivity index (χ1n) is 19.4. The molecular weight excluding hydrogens is 760 g/mol. The Bertz CT molecular complexity index is 2050. The fraction of sp³-hybridized carbons (Fsp3) is 0.234. The molecule has 0 spiro atoms. The molecule has 2 aromatic heterocycles. The van der Waals surface area contributed by atoms with Gasteiger partial charge >= 0.3 is 0 Å². The molecule has 57 heavy (non-hydrogen) atoms. The van der Waals surface area contributed by atoms with E-state index in [-0.39, 0.29) is 0 Å². The van der Waals surface area contributed by atoms with Gasteiger partial charge in [0, 0.05) is 46.4 Å². The van der Waals surface area contributed by atoms with Crippen LogP contribution in [0.5, 0.6) is 0 Å². The van der Waals surface area contributed by atoms with Crippen LogP contribution in [-0.4, -0.2) is 35.8 Å². The third kappa shape index (κ3) is 15.1. The summed E-state index contributed by atoms with van der Waals surface area (Å²) in [4.78, 5) is 11.9. The average molecular weight is 811 g/mol. The van der Waals surface area contributed by atoms with Crippen molar-refractivity contribution < 1.29 is 4.74 Å². The van der Waals surface area contributed by atoms with Crippen molar-refractivity contribution in [2.75, 3.05) is 19.7 Å². The van der Waals surface area contributed by atoms with Gasteiger partial charge in [-0.3, -0.25) is 0 Å². The van der Waals surface area contributed by atoms with Crippen molar-refractivity contribution in [2.24, 2.45) is 10.8 Å². The number of nitrogens with zero attached hydrogens (tertiary/aromatic N) is 5. The highest BCUT2D eigenvalue weighted by Gasteiger charge is 2.15. The second-order valence-corrected chi connectivity index (χ2v) is 17.2. The van der Waals surface area contributed by atoms with E-state index in [1.54, 1.807) is 22.7 Å². The van der Waals surface area contributed by atoms with Gasteiger partial charge in [-0.2, -0.15) is 0 Å². The van der Waals surface area contributed by atoms with Crippen LogP contribution in [-0.2, 0) is 17.6 Å². The van der Waals surface area contributed by atoms with Gasteiger partial charge in [0.2, 0.25) is 0 Å². The summed E-state index contributed by atoms with van der Waals surface area (Å²) in [6.07, 6.45) is 6.81. The summed E-state index contributed by atoms with van der Waals surface area (Å²) < 4.78 is 5.15. The van der Waals surface area contributed by atoms with Crippen LogP contribution in [0.3, 0.4) is 0 Å². The van der Waals surface area contributed by atoms with Gasteiger partial charge in [0.05, 0.1) is 27.5 Å². The van der Waals surface area contributed by atoms with E-state index < -0.39 is 7.92 Å². The Morgan fingerprint density at radius 1 is 0.667 bits per heavy atom. The Labute approximate surface area is 347 Å². The molecule has 0 amide bonds. The predicted octanol–water partition coefficient (Wildman–Crippen LogP) is 11.4. The van der Waals surface area contributed by atoms with Crippen molar-refractivity contribution in [3.63, 3.8) is 0 Å². The number of hydrogen-bond acceptors (Lipinski definition) is 7. The molecule has 0 aliphatic carbocycles. The van der Waals surface area contributed by atoms with E-state index in [9.17, 15) is 0 Å². The number of azide groups is 1. The maximum atomic E-state index is 8.16. The average Bonchev–Trinajstić information content (AvgIpc) is 4.08. The summed E-state index contributed by atoms with van der Waals surface area (Å²) in [5.41, 5.74) is 18.1. The Morgan fingerprint density at radius 3 is 1.44 bits per heavy atom. The molecular formula is C47H51N6OPS2. The van der Waals surface area contributed by atoms with Crippen LogP contribution in [0.25, 0.3) is 33.0 Å². The summed E-state index contributed by atoms with van der Waals surface area (Å²) in [6, 6.07) is 52.7. The zero-order valence-electron chi connectivity index (χ0n) is 32.5. The molecule has 1 unspecified atom stereocenters. The van der Waals surface area contributed by atoms with E-state index in [4.69, 9.17) is 16.0 Å². The van der Waals surface area contributed by atoms with Gasteiger partial charge in [-0.25, -0.2) is 9.97 Å². The lowest BCUT2D eigenvalue weighted by Gasteiger charge is -2.18. The zero-order chi connectivity index (χ0) is 39.8. The monoisotopic (exact) mass is 810 g/mol. The van der Waals surface area contributed by atoms with Crippen molar-refractivity contribution in [2.45, 2.75) is 51.6 Å². The fourth-order valence-corrected chi connectivity index (χ4v) is 9.86. The molecule has 1 aliphatic rings. The van der Waals surface area contributed by atoms with Crippen molar-refractivity contribution in [1.29, 1.82) is 0 Å². The molecule has 7 aromatic rings. The molecule has 0 radical (unpaired) electrons. The number of aromatic nitrogens is 2. The number of ether oxygens (including phenoxy) is 1. The SMILES string of the molecule is CC1CCCO1.NCCCc1nc(-c2ccccc2)cs1.[N-]=[N+]=NCCCc1nc(-c2ccccc2)cs1.c1ccc(P(c2ccccc2)c2ccccc2)cc1. The number of aryl methyl sites for hydroxylation is 2. The minimum atomic E-state index is -0.446. The Morgan fingerprint density at radius 2 is 1.09 bits per heavy atom. The van der Waals surface area contributed by atoms with E-state index in [0.717, 1.165) is 60.8 Å². The first kappa shape index (κ1) is 43.1. The van der Waals surface area contributed by atoms with Gasteiger partial charge in [-0.15, -0.1) is 22.7 Å². The van der Waals surface area contributed by atoms with Crippen LogP contribution in [0, 0.1) is 0 Å². The smallest absolute Gasteiger partial charge is 0.0933 e. The first-order valence-corrected chi connectivity index (χ1v) is 22.5. The minimum Gasteiger partial charge on any atom is -0.379 e. The van der Waals surface area contributed by atoms with Crippen LogP contribution >= 0.6 is 30.6 Å². The van der Waals surface area contributed by atoms with Crippen LogP contribution < -0.4 is 21.6 Å². The van der Waals surface area contributed by atoms with Gasteiger partial charge in [0.25, 0.3) is 0 Å². The molecule has 0 saturated carbocycles. The molecule has 1 saturated heterocycles. The molecule has 10 heteroatoms. The molecule has 1 aliphatic heterocycles. The quantitative estimate of drug-likeness (QED) is 0.0435. The lowest BCUT2D eigenvalue weighted by Crippen LogP contribution is -2.20. The molecule has 0 bridgehead atoms. The van der Waals surface area contributed by atoms with Gasteiger partial charge in [-0.05, 0) is 74.9 Å². The molecule has 3 heterocycles. The molecule has 7 nitrogen and oxygen atoms in total. The van der Waals surface area contributed by atoms with E-state index in [1.807, 2.05) is 36.4 Å². The zero-order valence-corrected chi connectivity index (χ0v) is 35.0. The topological polar surface area (TPSA) is 110 Å². The van der Waals surface area contributed by atoms with Gasteiger partial charge in [-0.1, -0.05) is 157 Å². The van der Waals surface area contributed by atoms with Crippen LogP contribution in [0.1, 0.15) is 42.6 Å². The second kappa shape index (κ2) is 25.3. The number of thiazole rings is 2. The van der Waals surface area contributed by atoms with Crippen molar-refractivity contribution in [3.8, 4) is 22.5 Å². The number of benzene rings is 5. The molecule has 8 rings (SSSR count). The molecule has 1 atom stereocenters. The molecule has 1 fully saturated rings. The minimum absolute atomic E-state index is 0.446. The molecule has 5 aromatic carbocycles. The predicted molar refractivity (Wildman–Crippen MR) is 245 cm³/mol. The summed E-state index contributed by atoms with van der Waals surface area (Å²) >= 11 is 3.37. The Hall–Kier alpha value is -4.98. The number of nitrogens with two attached hydrogens (primary N) is 1. The Balaban J connectivity index is 0.000000153. The fourth-order valence-electron chi connectivity index (χ4n) is 5.85. The largest absolute Gasteiger partial charge is 0.379 e. The van der Waals surface area contributed by atoms with E-state index in [2.05, 4.69) is 153 Å². The van der Waals surface area contributed by atoms with Crippen LogP contribution in [0.2, 0.25) is 0 Å². The molecule has 2 N–H and O–H groups in total. The summed E-state index contributed by atoms with van der Waals surface area (Å²) in [5, 5.41) is 14.2. The summed E-state index contributed by atoms with van der Waals surface area (Å²) in [5.74, 6) is 0. The number of rotatable bonds is 12. The van der Waals surface area contributed by atoms with Gasteiger partial charge in [0.1, 0.15) is 0 Å². The van der Waals surface area contributed by atoms with Gasteiger partial charge < -0.3 is 10.5 Å². The summed E-state index contributed by atoms with van der Waals surface area (Å²) in [6.45, 7) is 4.38. The van der Waals surface area contributed by atoms with Crippen molar-refractivity contribution in [1.82, 2.24) is 9.97 Å². The van der Waals surface area contributed by atoms with E-state index in [1.165, 1.54) is 39.3 Å². The van der Waals surface area contributed by atoms with Crippen molar-refractivity contribution in [3.05, 3.63) is 183 Å². The maximum Gasteiger partial charge on any atom is 0.0933 e. The first-order chi connectivity index (χ1) is 28.1. The van der Waals surface area contributed by atoms with Crippen molar-refractivity contribution >= 4 is 46.5 Å². The van der Waals surface area contributed by atoms with Gasteiger partial charge in [0.15, 0.2) is 0 Å². The Kier molecular flexibility index (Phi) is 19.2. The second-order valence-electron chi connectivity index (χ2n) is 13.1.